The normalized spacial score (nSPS) is 14.2. The molecule has 2 aromatic rings. The minimum absolute atomic E-state index is 0.140. The second kappa shape index (κ2) is 11.6. The van der Waals surface area contributed by atoms with Crippen molar-refractivity contribution in [2.24, 2.45) is 0 Å². The van der Waals surface area contributed by atoms with Crippen molar-refractivity contribution >= 4 is 5.91 Å². The van der Waals surface area contributed by atoms with E-state index in [-0.39, 0.29) is 11.7 Å². The number of hydrogen-bond donors (Lipinski definition) is 0. The third kappa shape index (κ3) is 6.26. The highest BCUT2D eigenvalue weighted by Gasteiger charge is 2.21. The standard InChI is InChI=1S/C24H31FN2O5/c1-29-21-16-18(17-22(30-2)24(21)31-3)4-9-23(28)27-12-10-26(11-13-27)14-15-32-20-7-5-19(25)6-8-20/h5-8,16-17H,4,9-15H2,1-3H3. The molecule has 3 rings (SSSR count). The molecule has 0 spiro atoms. The van der Waals surface area contributed by atoms with Gasteiger partial charge in [0.25, 0.3) is 0 Å². The van der Waals surface area contributed by atoms with Crippen molar-refractivity contribution < 1.29 is 28.1 Å². The van der Waals surface area contributed by atoms with Crippen LogP contribution in [0.5, 0.6) is 23.0 Å². The molecule has 1 saturated heterocycles. The Morgan fingerprint density at radius 2 is 1.56 bits per heavy atom. The zero-order valence-electron chi connectivity index (χ0n) is 18.9. The molecule has 1 heterocycles. The van der Waals surface area contributed by atoms with Gasteiger partial charge in [-0.25, -0.2) is 4.39 Å². The van der Waals surface area contributed by atoms with Gasteiger partial charge in [0.1, 0.15) is 18.2 Å². The van der Waals surface area contributed by atoms with Crippen LogP contribution < -0.4 is 18.9 Å². The largest absolute Gasteiger partial charge is 0.493 e. The molecule has 8 heteroatoms. The summed E-state index contributed by atoms with van der Waals surface area (Å²) in [5.74, 6) is 2.25. The summed E-state index contributed by atoms with van der Waals surface area (Å²) in [5, 5.41) is 0. The highest BCUT2D eigenvalue weighted by Crippen LogP contribution is 2.38. The number of rotatable bonds is 10. The van der Waals surface area contributed by atoms with E-state index < -0.39 is 0 Å². The molecule has 1 fully saturated rings. The molecule has 1 aliphatic rings. The second-order valence-corrected chi connectivity index (χ2v) is 7.56. The molecule has 7 nitrogen and oxygen atoms in total. The third-order valence-electron chi connectivity index (χ3n) is 5.57. The smallest absolute Gasteiger partial charge is 0.222 e. The summed E-state index contributed by atoms with van der Waals surface area (Å²) in [5.41, 5.74) is 0.962. The molecule has 0 N–H and O–H groups in total. The summed E-state index contributed by atoms with van der Waals surface area (Å²) < 4.78 is 34.7. The lowest BCUT2D eigenvalue weighted by molar-refractivity contribution is -0.132. The maximum atomic E-state index is 12.9. The Morgan fingerprint density at radius 3 is 2.12 bits per heavy atom. The number of halogens is 1. The number of carbonyl (C=O) groups excluding carboxylic acids is 1. The Morgan fingerprint density at radius 1 is 0.938 bits per heavy atom. The van der Waals surface area contributed by atoms with Gasteiger partial charge < -0.3 is 23.8 Å². The number of carbonyl (C=O) groups is 1. The van der Waals surface area contributed by atoms with E-state index in [1.165, 1.54) is 12.1 Å². The fraction of sp³-hybridized carbons (Fsp3) is 0.458. The van der Waals surface area contributed by atoms with E-state index in [9.17, 15) is 9.18 Å². The van der Waals surface area contributed by atoms with E-state index >= 15 is 0 Å². The van der Waals surface area contributed by atoms with Crippen LogP contribution in [-0.4, -0.2) is 76.4 Å². The molecule has 0 unspecified atom stereocenters. The molecule has 1 aliphatic heterocycles. The van der Waals surface area contributed by atoms with Crippen LogP contribution in [0.15, 0.2) is 36.4 Å². The molecule has 0 saturated carbocycles. The summed E-state index contributed by atoms with van der Waals surface area (Å²) in [4.78, 5) is 16.9. The monoisotopic (exact) mass is 446 g/mol. The molecule has 0 radical (unpaired) electrons. The first-order valence-corrected chi connectivity index (χ1v) is 10.7. The topological polar surface area (TPSA) is 60.5 Å². The van der Waals surface area contributed by atoms with Gasteiger partial charge in [-0.15, -0.1) is 0 Å². The Balaban J connectivity index is 1.42. The van der Waals surface area contributed by atoms with Crippen molar-refractivity contribution in [3.63, 3.8) is 0 Å². The van der Waals surface area contributed by atoms with Crippen molar-refractivity contribution in [2.75, 3.05) is 60.7 Å². The molecular weight excluding hydrogens is 415 g/mol. The van der Waals surface area contributed by atoms with E-state index in [2.05, 4.69) is 4.90 Å². The fourth-order valence-corrected chi connectivity index (χ4v) is 3.73. The van der Waals surface area contributed by atoms with Gasteiger partial charge in [-0.1, -0.05) is 0 Å². The highest BCUT2D eigenvalue weighted by atomic mass is 19.1. The first-order chi connectivity index (χ1) is 15.5. The number of aryl methyl sites for hydroxylation is 1. The summed E-state index contributed by atoms with van der Waals surface area (Å²) in [7, 11) is 4.73. The van der Waals surface area contributed by atoms with Crippen molar-refractivity contribution in [3.05, 3.63) is 47.8 Å². The Hall–Kier alpha value is -3.00. The molecule has 0 bridgehead atoms. The van der Waals surface area contributed by atoms with Crippen LogP contribution in [0.4, 0.5) is 4.39 Å². The van der Waals surface area contributed by atoms with E-state index in [4.69, 9.17) is 18.9 Å². The number of hydrogen-bond acceptors (Lipinski definition) is 6. The summed E-state index contributed by atoms with van der Waals surface area (Å²) in [6.45, 7) is 4.31. The molecule has 1 amide bonds. The quantitative estimate of drug-likeness (QED) is 0.559. The van der Waals surface area contributed by atoms with Gasteiger partial charge >= 0.3 is 0 Å². The highest BCUT2D eigenvalue weighted by molar-refractivity contribution is 5.76. The molecule has 32 heavy (non-hydrogen) atoms. The van der Waals surface area contributed by atoms with E-state index in [0.29, 0.717) is 55.5 Å². The van der Waals surface area contributed by atoms with Crippen LogP contribution in [0.1, 0.15) is 12.0 Å². The number of nitrogens with zero attached hydrogens (tertiary/aromatic N) is 2. The molecule has 0 aromatic heterocycles. The third-order valence-corrected chi connectivity index (χ3v) is 5.57. The van der Waals surface area contributed by atoms with Crippen molar-refractivity contribution in [2.45, 2.75) is 12.8 Å². The molecular formula is C24H31FN2O5. The summed E-state index contributed by atoms with van der Waals surface area (Å²) in [6.07, 6.45) is 1.02. The van der Waals surface area contributed by atoms with E-state index in [0.717, 1.165) is 25.2 Å². The number of benzene rings is 2. The van der Waals surface area contributed by atoms with Crippen LogP contribution in [-0.2, 0) is 11.2 Å². The van der Waals surface area contributed by atoms with Crippen LogP contribution in [0.25, 0.3) is 0 Å². The van der Waals surface area contributed by atoms with Crippen molar-refractivity contribution in [1.29, 1.82) is 0 Å². The average molecular weight is 447 g/mol. The van der Waals surface area contributed by atoms with Crippen LogP contribution in [0, 0.1) is 5.82 Å². The van der Waals surface area contributed by atoms with Crippen LogP contribution in [0.3, 0.4) is 0 Å². The minimum Gasteiger partial charge on any atom is -0.493 e. The Bertz CT molecular complexity index is 857. The SMILES string of the molecule is COc1cc(CCC(=O)N2CCN(CCOc3ccc(F)cc3)CC2)cc(OC)c1OC. The average Bonchev–Trinajstić information content (AvgIpc) is 2.83. The minimum atomic E-state index is -0.275. The lowest BCUT2D eigenvalue weighted by Crippen LogP contribution is -2.49. The van der Waals surface area contributed by atoms with Crippen LogP contribution >= 0.6 is 0 Å². The van der Waals surface area contributed by atoms with Gasteiger partial charge in [0.05, 0.1) is 21.3 Å². The number of amides is 1. The first-order valence-electron chi connectivity index (χ1n) is 10.7. The van der Waals surface area contributed by atoms with Gasteiger partial charge in [0.2, 0.25) is 11.7 Å². The molecule has 0 aliphatic carbocycles. The lowest BCUT2D eigenvalue weighted by Gasteiger charge is -2.34. The fourth-order valence-electron chi connectivity index (χ4n) is 3.73. The molecule has 174 valence electrons. The number of ether oxygens (including phenoxy) is 4. The Labute approximate surface area is 188 Å². The summed E-state index contributed by atoms with van der Waals surface area (Å²) >= 11 is 0. The first kappa shape index (κ1) is 23.7. The zero-order valence-corrected chi connectivity index (χ0v) is 18.9. The van der Waals surface area contributed by atoms with E-state index in [1.54, 1.807) is 33.5 Å². The van der Waals surface area contributed by atoms with Crippen molar-refractivity contribution in [3.8, 4) is 23.0 Å². The van der Waals surface area contributed by atoms with E-state index in [1.807, 2.05) is 17.0 Å². The maximum Gasteiger partial charge on any atom is 0.222 e. The van der Waals surface area contributed by atoms with Crippen molar-refractivity contribution in [1.82, 2.24) is 9.80 Å². The second-order valence-electron chi connectivity index (χ2n) is 7.56. The van der Waals surface area contributed by atoms with Gasteiger partial charge in [-0.3, -0.25) is 9.69 Å². The Kier molecular flexibility index (Phi) is 8.56. The van der Waals surface area contributed by atoms with Crippen LogP contribution in [0.2, 0.25) is 0 Å². The van der Waals surface area contributed by atoms with Gasteiger partial charge in [0, 0.05) is 39.1 Å². The predicted octanol–water partition coefficient (Wildman–Crippen LogP) is 3.01. The maximum absolute atomic E-state index is 12.9. The van der Waals surface area contributed by atoms with Gasteiger partial charge in [-0.05, 0) is 48.4 Å². The number of piperazine rings is 1. The summed E-state index contributed by atoms with van der Waals surface area (Å²) in [6, 6.07) is 9.79. The van der Waals surface area contributed by atoms with Gasteiger partial charge in [-0.2, -0.15) is 0 Å². The number of methoxy groups -OCH3 is 3. The van der Waals surface area contributed by atoms with Gasteiger partial charge in [0.15, 0.2) is 11.5 Å². The molecule has 0 atom stereocenters. The lowest BCUT2D eigenvalue weighted by atomic mass is 10.1. The molecule has 2 aromatic carbocycles. The predicted molar refractivity (Wildman–Crippen MR) is 119 cm³/mol. The zero-order chi connectivity index (χ0) is 22.9.